The van der Waals surface area contributed by atoms with Gasteiger partial charge in [0.2, 0.25) is 6.04 Å². The third kappa shape index (κ3) is 1.17. The van der Waals surface area contributed by atoms with Crippen molar-refractivity contribution >= 4 is 17.8 Å². The van der Waals surface area contributed by atoms with E-state index in [1.807, 2.05) is 0 Å². The minimum Gasteiger partial charge on any atom is -0.271 e. The summed E-state index contributed by atoms with van der Waals surface area (Å²) in [5, 5.41) is 2.86. The average molecular weight is 184 g/mol. The summed E-state index contributed by atoms with van der Waals surface area (Å²) >= 11 is 0. The van der Waals surface area contributed by atoms with E-state index >= 15 is 0 Å². The molecule has 13 heavy (non-hydrogen) atoms. The second-order valence-electron chi connectivity index (χ2n) is 2.61. The highest BCUT2D eigenvalue weighted by molar-refractivity contribution is 6.18. The van der Waals surface area contributed by atoms with Crippen LogP contribution in [0.1, 0.15) is 0 Å². The Morgan fingerprint density at radius 3 is 1.85 bits per heavy atom. The summed E-state index contributed by atoms with van der Waals surface area (Å²) in [6.45, 7) is 0. The molecule has 7 nitrogen and oxygen atoms in total. The van der Waals surface area contributed by atoms with Gasteiger partial charge in [-0.3, -0.25) is 19.4 Å². The maximum Gasteiger partial charge on any atom is 0.333 e. The SMILES string of the molecule is CN1C(=O)C(N=N)C(=O)N(C)C1=O. The van der Waals surface area contributed by atoms with Crippen molar-refractivity contribution in [2.75, 3.05) is 14.1 Å². The van der Waals surface area contributed by atoms with E-state index < -0.39 is 23.9 Å². The Labute approximate surface area is 73.8 Å². The number of carbonyl (C=O) groups excluding carboxylic acids is 3. The van der Waals surface area contributed by atoms with Crippen molar-refractivity contribution in [3.63, 3.8) is 0 Å². The van der Waals surface area contributed by atoms with Gasteiger partial charge in [0.25, 0.3) is 11.8 Å². The molecule has 0 aromatic heterocycles. The van der Waals surface area contributed by atoms with Gasteiger partial charge in [-0.25, -0.2) is 10.3 Å². The number of likely N-dealkylation sites (N-methyl/N-ethyl adjacent to an activating group) is 2. The van der Waals surface area contributed by atoms with Gasteiger partial charge >= 0.3 is 6.03 Å². The smallest absolute Gasteiger partial charge is 0.271 e. The van der Waals surface area contributed by atoms with Crippen molar-refractivity contribution in [1.29, 1.82) is 5.53 Å². The maximum absolute atomic E-state index is 11.2. The standard InChI is InChI=1S/C6H8N4O3/c1-9-4(11)3(8-7)5(12)10(2)6(9)13/h3,7H,1-2H3. The number of amides is 4. The minimum atomic E-state index is -1.40. The molecule has 0 bridgehead atoms. The summed E-state index contributed by atoms with van der Waals surface area (Å²) in [7, 11) is 2.48. The molecule has 0 aromatic rings. The quantitative estimate of drug-likeness (QED) is 0.437. The third-order valence-corrected chi connectivity index (χ3v) is 1.83. The van der Waals surface area contributed by atoms with Gasteiger partial charge in [0, 0.05) is 14.1 Å². The van der Waals surface area contributed by atoms with E-state index in [4.69, 9.17) is 5.53 Å². The highest BCUT2D eigenvalue weighted by Crippen LogP contribution is 2.11. The van der Waals surface area contributed by atoms with Gasteiger partial charge in [-0.2, -0.15) is 5.11 Å². The Morgan fingerprint density at radius 1 is 1.15 bits per heavy atom. The largest absolute Gasteiger partial charge is 0.333 e. The molecule has 1 N–H and O–H groups in total. The van der Waals surface area contributed by atoms with E-state index in [0.717, 1.165) is 9.80 Å². The Bertz CT molecular complexity index is 276. The van der Waals surface area contributed by atoms with Crippen LogP contribution in [0.25, 0.3) is 0 Å². The Kier molecular flexibility index (Phi) is 2.09. The van der Waals surface area contributed by atoms with Crippen LogP contribution in [0.4, 0.5) is 4.79 Å². The monoisotopic (exact) mass is 184 g/mol. The van der Waals surface area contributed by atoms with Crippen LogP contribution in [0, 0.1) is 5.53 Å². The van der Waals surface area contributed by atoms with Crippen LogP contribution in [0.5, 0.6) is 0 Å². The first-order valence-corrected chi connectivity index (χ1v) is 3.46. The first kappa shape index (κ1) is 9.30. The summed E-state index contributed by atoms with van der Waals surface area (Å²) in [6.07, 6.45) is 0. The molecule has 1 heterocycles. The normalized spacial score (nSPS) is 19.7. The lowest BCUT2D eigenvalue weighted by Crippen LogP contribution is -2.58. The Morgan fingerprint density at radius 2 is 1.54 bits per heavy atom. The van der Waals surface area contributed by atoms with Crippen LogP contribution in [0.15, 0.2) is 5.11 Å². The number of urea groups is 1. The lowest BCUT2D eigenvalue weighted by atomic mass is 10.2. The zero-order valence-corrected chi connectivity index (χ0v) is 7.14. The van der Waals surface area contributed by atoms with Gasteiger partial charge in [0.1, 0.15) is 0 Å². The number of nitrogens with zero attached hydrogens (tertiary/aromatic N) is 3. The van der Waals surface area contributed by atoms with Gasteiger partial charge < -0.3 is 0 Å². The molecule has 1 saturated heterocycles. The van der Waals surface area contributed by atoms with Gasteiger partial charge in [0.05, 0.1) is 0 Å². The Hall–Kier alpha value is -1.79. The van der Waals surface area contributed by atoms with Gasteiger partial charge in [0.15, 0.2) is 0 Å². The lowest BCUT2D eigenvalue weighted by molar-refractivity contribution is -0.143. The maximum atomic E-state index is 11.2. The van der Waals surface area contributed by atoms with Crippen molar-refractivity contribution in [1.82, 2.24) is 9.80 Å². The third-order valence-electron chi connectivity index (χ3n) is 1.83. The van der Waals surface area contributed by atoms with Crippen LogP contribution < -0.4 is 0 Å². The molecule has 0 radical (unpaired) electrons. The van der Waals surface area contributed by atoms with E-state index in [1.54, 1.807) is 0 Å². The summed E-state index contributed by atoms with van der Waals surface area (Å²) in [6, 6.07) is -2.09. The number of imide groups is 2. The zero-order valence-electron chi connectivity index (χ0n) is 7.14. The van der Waals surface area contributed by atoms with Crippen molar-refractivity contribution in [2.45, 2.75) is 6.04 Å². The lowest BCUT2D eigenvalue weighted by Gasteiger charge is -2.30. The number of hydrogen-bond acceptors (Lipinski definition) is 5. The molecule has 0 aliphatic carbocycles. The minimum absolute atomic E-state index is 0.699. The molecular formula is C6H8N4O3. The second-order valence-corrected chi connectivity index (χ2v) is 2.61. The molecule has 7 heteroatoms. The molecule has 0 saturated carbocycles. The molecule has 0 aromatic carbocycles. The first-order valence-electron chi connectivity index (χ1n) is 3.46. The van der Waals surface area contributed by atoms with Crippen LogP contribution >= 0.6 is 0 Å². The van der Waals surface area contributed by atoms with Crippen LogP contribution in [0.3, 0.4) is 0 Å². The molecular weight excluding hydrogens is 176 g/mol. The number of nitrogens with one attached hydrogen (secondary N) is 1. The number of hydrogen-bond donors (Lipinski definition) is 1. The average Bonchev–Trinajstić information content (AvgIpc) is 2.13. The van der Waals surface area contributed by atoms with Crippen LogP contribution in [0.2, 0.25) is 0 Å². The van der Waals surface area contributed by atoms with Crippen LogP contribution in [-0.4, -0.2) is 47.8 Å². The number of carbonyl (C=O) groups is 3. The molecule has 0 spiro atoms. The first-order chi connectivity index (χ1) is 6.00. The van der Waals surface area contributed by atoms with E-state index in [2.05, 4.69) is 5.11 Å². The van der Waals surface area contributed by atoms with E-state index in [-0.39, 0.29) is 0 Å². The summed E-state index contributed by atoms with van der Waals surface area (Å²) in [5.41, 5.74) is 6.62. The highest BCUT2D eigenvalue weighted by atomic mass is 16.2. The summed E-state index contributed by atoms with van der Waals surface area (Å²) < 4.78 is 0. The van der Waals surface area contributed by atoms with Crippen molar-refractivity contribution in [3.8, 4) is 0 Å². The fraction of sp³-hybridized carbons (Fsp3) is 0.500. The molecule has 1 rings (SSSR count). The van der Waals surface area contributed by atoms with E-state index in [1.165, 1.54) is 14.1 Å². The predicted octanol–water partition coefficient (Wildman–Crippen LogP) is -0.564. The fourth-order valence-electron chi connectivity index (χ4n) is 0.996. The van der Waals surface area contributed by atoms with Crippen molar-refractivity contribution in [3.05, 3.63) is 0 Å². The predicted molar refractivity (Wildman–Crippen MR) is 39.9 cm³/mol. The molecule has 4 amide bonds. The highest BCUT2D eigenvalue weighted by Gasteiger charge is 2.42. The zero-order chi connectivity index (χ0) is 10.2. The van der Waals surface area contributed by atoms with Crippen molar-refractivity contribution in [2.24, 2.45) is 5.11 Å². The van der Waals surface area contributed by atoms with E-state index in [9.17, 15) is 14.4 Å². The summed E-state index contributed by atoms with van der Waals surface area (Å²) in [4.78, 5) is 35.0. The number of rotatable bonds is 1. The van der Waals surface area contributed by atoms with Gasteiger partial charge in [-0.15, -0.1) is 0 Å². The van der Waals surface area contributed by atoms with E-state index in [0.29, 0.717) is 0 Å². The molecule has 1 aliphatic heterocycles. The molecule has 0 atom stereocenters. The summed E-state index contributed by atoms with van der Waals surface area (Å²) in [5.74, 6) is -1.52. The van der Waals surface area contributed by atoms with Gasteiger partial charge in [-0.1, -0.05) is 0 Å². The number of barbiturate groups is 1. The molecule has 1 aliphatic rings. The molecule has 70 valence electrons. The van der Waals surface area contributed by atoms with Crippen LogP contribution in [-0.2, 0) is 9.59 Å². The second kappa shape index (κ2) is 2.92. The topological polar surface area (TPSA) is 93.9 Å². The molecule has 1 fully saturated rings. The molecule has 0 unspecified atom stereocenters. The Balaban J connectivity index is 3.05. The fourth-order valence-corrected chi connectivity index (χ4v) is 0.996. The van der Waals surface area contributed by atoms with Gasteiger partial charge in [-0.05, 0) is 0 Å². The van der Waals surface area contributed by atoms with Crippen molar-refractivity contribution < 1.29 is 14.4 Å².